The van der Waals surface area contributed by atoms with Crippen molar-refractivity contribution >= 4 is 49.4 Å². The molecule has 55 heavy (non-hydrogen) atoms. The first-order valence-electron chi connectivity index (χ1n) is 18.9. The zero-order valence-electron chi connectivity index (χ0n) is 30.3. The summed E-state index contributed by atoms with van der Waals surface area (Å²) in [5, 5.41) is 7.60. The molecule has 10 aromatic rings. The molecule has 0 unspecified atom stereocenters. The van der Waals surface area contributed by atoms with Gasteiger partial charge < -0.3 is 4.90 Å². The summed E-state index contributed by atoms with van der Waals surface area (Å²) in [6.45, 7) is 0. The number of rotatable bonds is 7. The fraction of sp³-hybridized carbons (Fsp3) is 0. The fourth-order valence-corrected chi connectivity index (χ4v) is 8.33. The molecule has 0 saturated heterocycles. The van der Waals surface area contributed by atoms with E-state index in [-0.39, 0.29) is 0 Å². The molecule has 0 radical (unpaired) electrons. The molecule has 0 bridgehead atoms. The van der Waals surface area contributed by atoms with Gasteiger partial charge in [0.25, 0.3) is 0 Å². The molecule has 0 N–H and O–H groups in total. The van der Waals surface area contributed by atoms with Gasteiger partial charge in [0.15, 0.2) is 0 Å². The highest BCUT2D eigenvalue weighted by Crippen LogP contribution is 2.49. The molecule has 0 aliphatic heterocycles. The van der Waals surface area contributed by atoms with E-state index in [2.05, 4.69) is 229 Å². The summed E-state index contributed by atoms with van der Waals surface area (Å²) in [5.74, 6) is 0. The van der Waals surface area contributed by atoms with Gasteiger partial charge in [-0.2, -0.15) is 0 Å². The highest BCUT2D eigenvalue weighted by atomic mass is 15.1. The zero-order chi connectivity index (χ0) is 36.6. The molecule has 0 spiro atoms. The maximum Gasteiger partial charge on any atom is 0.0462 e. The van der Waals surface area contributed by atoms with Crippen LogP contribution >= 0.6 is 0 Å². The quantitative estimate of drug-likeness (QED) is 0.150. The second kappa shape index (κ2) is 14.0. The number of hydrogen-bond donors (Lipinski definition) is 0. The molecule has 0 amide bonds. The van der Waals surface area contributed by atoms with Crippen molar-refractivity contribution in [2.24, 2.45) is 0 Å². The van der Waals surface area contributed by atoms with Gasteiger partial charge in [-0.1, -0.05) is 182 Å². The van der Waals surface area contributed by atoms with E-state index in [0.29, 0.717) is 0 Å². The number of benzene rings is 10. The molecule has 0 aliphatic rings. The van der Waals surface area contributed by atoms with Crippen LogP contribution in [0.1, 0.15) is 0 Å². The first kappa shape index (κ1) is 32.4. The van der Waals surface area contributed by atoms with Gasteiger partial charge >= 0.3 is 0 Å². The van der Waals surface area contributed by atoms with Crippen molar-refractivity contribution in [3.05, 3.63) is 224 Å². The SMILES string of the molecule is c1ccc(-c2ccc(-c3cc(-c4ccccc4)c4c5ccccc5c5ccccc5c4c3-c3ccc(N(c4ccccc4)c4ccccc4)cc3)cc2)cc1. The van der Waals surface area contributed by atoms with Crippen LogP contribution in [0.3, 0.4) is 0 Å². The van der Waals surface area contributed by atoms with Crippen LogP contribution in [-0.4, -0.2) is 0 Å². The third-order valence-electron chi connectivity index (χ3n) is 10.8. The van der Waals surface area contributed by atoms with Crippen LogP contribution in [0.2, 0.25) is 0 Å². The Hall–Kier alpha value is -7.22. The van der Waals surface area contributed by atoms with Gasteiger partial charge in [-0.3, -0.25) is 0 Å². The standard InChI is InChI=1S/C54H37N/c1-5-17-38(18-6-1)39-29-31-41(32-30-39)50-37-51(40-19-7-2-8-20-40)53-48-27-15-13-25-46(48)47-26-14-16-28-49(47)54(53)52(50)42-33-35-45(36-34-42)55(43-21-9-3-10-22-43)44-23-11-4-12-24-44/h1-37H. The highest BCUT2D eigenvalue weighted by molar-refractivity contribution is 6.33. The van der Waals surface area contributed by atoms with E-state index in [9.17, 15) is 0 Å². The Morgan fingerprint density at radius 1 is 0.236 bits per heavy atom. The van der Waals surface area contributed by atoms with Crippen molar-refractivity contribution in [2.75, 3.05) is 4.90 Å². The third-order valence-corrected chi connectivity index (χ3v) is 10.8. The topological polar surface area (TPSA) is 3.24 Å². The largest absolute Gasteiger partial charge is 0.311 e. The van der Waals surface area contributed by atoms with Gasteiger partial charge in [0.1, 0.15) is 0 Å². The molecular formula is C54H37N. The zero-order valence-corrected chi connectivity index (χ0v) is 30.3. The van der Waals surface area contributed by atoms with Crippen LogP contribution in [0.5, 0.6) is 0 Å². The Morgan fingerprint density at radius 2 is 0.600 bits per heavy atom. The van der Waals surface area contributed by atoms with Crippen LogP contribution < -0.4 is 4.90 Å². The van der Waals surface area contributed by atoms with E-state index in [4.69, 9.17) is 0 Å². The normalized spacial score (nSPS) is 11.3. The summed E-state index contributed by atoms with van der Waals surface area (Å²) >= 11 is 0. The minimum absolute atomic E-state index is 1.11. The Bertz CT molecular complexity index is 2880. The van der Waals surface area contributed by atoms with Gasteiger partial charge in [-0.05, 0) is 119 Å². The van der Waals surface area contributed by atoms with E-state index >= 15 is 0 Å². The maximum atomic E-state index is 2.44. The van der Waals surface area contributed by atoms with Crippen molar-refractivity contribution in [3.63, 3.8) is 0 Å². The lowest BCUT2D eigenvalue weighted by atomic mass is 9.81. The number of fused-ring (bicyclic) bond motifs is 6. The Balaban J connectivity index is 1.28. The summed E-state index contributed by atoms with van der Waals surface area (Å²) < 4.78 is 0. The molecule has 0 fully saturated rings. The molecule has 0 atom stereocenters. The van der Waals surface area contributed by atoms with Gasteiger partial charge in [-0.15, -0.1) is 0 Å². The van der Waals surface area contributed by atoms with Crippen molar-refractivity contribution < 1.29 is 0 Å². The van der Waals surface area contributed by atoms with E-state index < -0.39 is 0 Å². The van der Waals surface area contributed by atoms with Gasteiger partial charge in [0, 0.05) is 17.1 Å². The lowest BCUT2D eigenvalue weighted by molar-refractivity contribution is 1.28. The van der Waals surface area contributed by atoms with Crippen LogP contribution in [0.25, 0.3) is 76.8 Å². The molecule has 0 saturated carbocycles. The third kappa shape index (κ3) is 5.84. The van der Waals surface area contributed by atoms with E-state index in [0.717, 1.165) is 17.1 Å². The molecule has 10 rings (SSSR count). The van der Waals surface area contributed by atoms with E-state index in [1.165, 1.54) is 76.8 Å². The van der Waals surface area contributed by atoms with Crippen LogP contribution in [-0.2, 0) is 0 Å². The number of anilines is 3. The predicted molar refractivity (Wildman–Crippen MR) is 235 cm³/mol. The number of hydrogen-bond acceptors (Lipinski definition) is 1. The molecule has 1 nitrogen and oxygen atoms in total. The van der Waals surface area contributed by atoms with Crippen molar-refractivity contribution in [1.29, 1.82) is 0 Å². The number of nitrogens with zero attached hydrogens (tertiary/aromatic N) is 1. The summed E-state index contributed by atoms with van der Waals surface area (Å²) in [4.78, 5) is 2.33. The van der Waals surface area contributed by atoms with Crippen molar-refractivity contribution in [1.82, 2.24) is 0 Å². The molecule has 258 valence electrons. The van der Waals surface area contributed by atoms with Crippen LogP contribution in [0.15, 0.2) is 224 Å². The van der Waals surface area contributed by atoms with Gasteiger partial charge in [-0.25, -0.2) is 0 Å². The predicted octanol–water partition coefficient (Wildman–Crippen LogP) is 15.3. The molecule has 0 aliphatic carbocycles. The second-order valence-corrected chi connectivity index (χ2v) is 14.1. The monoisotopic (exact) mass is 699 g/mol. The molecule has 1 heteroatoms. The minimum atomic E-state index is 1.11. The van der Waals surface area contributed by atoms with Gasteiger partial charge in [0.05, 0.1) is 0 Å². The molecule has 0 aromatic heterocycles. The minimum Gasteiger partial charge on any atom is -0.311 e. The summed E-state index contributed by atoms with van der Waals surface area (Å²) in [7, 11) is 0. The van der Waals surface area contributed by atoms with E-state index in [1.807, 2.05) is 0 Å². The Labute approximate surface area is 322 Å². The average molecular weight is 700 g/mol. The lowest BCUT2D eigenvalue weighted by Gasteiger charge is -2.26. The van der Waals surface area contributed by atoms with Crippen molar-refractivity contribution in [3.8, 4) is 44.5 Å². The molecule has 10 aromatic carbocycles. The van der Waals surface area contributed by atoms with Gasteiger partial charge in [0.2, 0.25) is 0 Å². The summed E-state index contributed by atoms with van der Waals surface area (Å²) in [5.41, 5.74) is 13.0. The molecule has 0 heterocycles. The fourth-order valence-electron chi connectivity index (χ4n) is 8.33. The lowest BCUT2D eigenvalue weighted by Crippen LogP contribution is -2.09. The summed E-state index contributed by atoms with van der Waals surface area (Å²) in [6, 6.07) is 81.4. The first-order valence-corrected chi connectivity index (χ1v) is 18.9. The summed E-state index contributed by atoms with van der Waals surface area (Å²) in [6.07, 6.45) is 0. The second-order valence-electron chi connectivity index (χ2n) is 14.1. The Kier molecular flexibility index (Phi) is 8.24. The van der Waals surface area contributed by atoms with E-state index in [1.54, 1.807) is 0 Å². The van der Waals surface area contributed by atoms with Crippen molar-refractivity contribution in [2.45, 2.75) is 0 Å². The molecular weight excluding hydrogens is 663 g/mol. The average Bonchev–Trinajstić information content (AvgIpc) is 3.28. The maximum absolute atomic E-state index is 2.44. The highest BCUT2D eigenvalue weighted by Gasteiger charge is 2.22. The first-order chi connectivity index (χ1) is 27.3. The Morgan fingerprint density at radius 3 is 1.15 bits per heavy atom. The smallest absolute Gasteiger partial charge is 0.0462 e. The van der Waals surface area contributed by atoms with Crippen LogP contribution in [0.4, 0.5) is 17.1 Å². The number of para-hydroxylation sites is 2. The van der Waals surface area contributed by atoms with Crippen LogP contribution in [0, 0.1) is 0 Å².